The molecule has 0 aliphatic heterocycles. The molecule has 0 amide bonds. The van der Waals surface area contributed by atoms with Crippen LogP contribution in [0.3, 0.4) is 0 Å². The van der Waals surface area contributed by atoms with Gasteiger partial charge in [-0.2, -0.15) is 0 Å². The number of halogens is 1. The summed E-state index contributed by atoms with van der Waals surface area (Å²) in [5.41, 5.74) is 0. The van der Waals surface area contributed by atoms with Gasteiger partial charge < -0.3 is 12.4 Å². The number of hydrogen-bond donors (Lipinski definition) is 0. The molecule has 0 heterocycles. The van der Waals surface area contributed by atoms with Gasteiger partial charge in [0.2, 0.25) is 0 Å². The fourth-order valence-electron chi connectivity index (χ4n) is 4.66. The Morgan fingerprint density at radius 1 is 0.333 bits per heavy atom. The number of rotatable bonds is 20. The van der Waals surface area contributed by atoms with Gasteiger partial charge in [0.15, 0.2) is 0 Å². The van der Waals surface area contributed by atoms with Gasteiger partial charge in [0.05, 0.1) is 0 Å². The fourth-order valence-corrected chi connectivity index (χ4v) is 10.6. The lowest BCUT2D eigenvalue weighted by Gasteiger charge is -2.51. The molecule has 0 saturated carbocycles. The van der Waals surface area contributed by atoms with Crippen molar-refractivity contribution in [1.82, 2.24) is 18.7 Å². The van der Waals surface area contributed by atoms with E-state index in [-0.39, 0.29) is 12.4 Å². The molecule has 0 aliphatic carbocycles. The number of hydrogen-bond acceptors (Lipinski definition) is 4. The van der Waals surface area contributed by atoms with Crippen LogP contribution in [0.4, 0.5) is 0 Å². The Morgan fingerprint density at radius 2 is 0.467 bits per heavy atom. The summed E-state index contributed by atoms with van der Waals surface area (Å²) in [7, 11) is -1.74. The predicted octanol–water partition coefficient (Wildman–Crippen LogP) is 4.16. The minimum atomic E-state index is -1.74. The molecule has 0 aromatic rings. The van der Waals surface area contributed by atoms with Crippen LogP contribution in [0.15, 0.2) is 0 Å². The Labute approximate surface area is 198 Å². The van der Waals surface area contributed by atoms with E-state index in [9.17, 15) is 0 Å². The highest BCUT2D eigenvalue weighted by atomic mass is 35.5. The van der Waals surface area contributed by atoms with Crippen molar-refractivity contribution in [2.75, 3.05) is 52.4 Å². The molecule has 0 fully saturated rings. The standard InChI is InChI=1S/C24H56N4P.ClH/c1-9-17-25(18-10-2)29(26(19-11-3)20-12-4,27(21-13-5)22-14-6)28(23-15-7)24-16-8;/h9-24H2,1-8H3;1H/q+1;/p-1. The summed E-state index contributed by atoms with van der Waals surface area (Å²) in [6.07, 6.45) is 9.94. The van der Waals surface area contributed by atoms with Crippen LogP contribution in [0.5, 0.6) is 0 Å². The quantitative estimate of drug-likeness (QED) is 0.250. The number of nitrogens with zero attached hydrogens (tertiary/aromatic N) is 4. The second kappa shape index (κ2) is 20.2. The monoisotopic (exact) mass is 466 g/mol. The first kappa shape index (κ1) is 32.7. The smallest absolute Gasteiger partial charge is 0.308 e. The zero-order valence-corrected chi connectivity index (χ0v) is 23.6. The molecule has 6 heteroatoms. The fraction of sp³-hybridized carbons (Fsp3) is 1.00. The largest absolute Gasteiger partial charge is 1.00 e. The van der Waals surface area contributed by atoms with E-state index in [0.29, 0.717) is 0 Å². The Hall–Kier alpha value is 0.560. The highest BCUT2D eigenvalue weighted by Crippen LogP contribution is 2.70. The van der Waals surface area contributed by atoms with Gasteiger partial charge >= 0.3 is 7.87 Å². The molecule has 184 valence electrons. The summed E-state index contributed by atoms with van der Waals surface area (Å²) in [5.74, 6) is 0. The SMILES string of the molecule is CCCN(CCC)[P+](N(CCC)CCC)(N(CCC)CCC)N(CCC)CCC.[Cl-]. The molecule has 30 heavy (non-hydrogen) atoms. The van der Waals surface area contributed by atoms with Crippen LogP contribution in [0.2, 0.25) is 0 Å². The van der Waals surface area contributed by atoms with Gasteiger partial charge in [0.25, 0.3) is 0 Å². The van der Waals surface area contributed by atoms with Crippen LogP contribution >= 0.6 is 7.87 Å². The molecule has 0 atom stereocenters. The molecule has 0 aromatic carbocycles. The molecule has 0 spiro atoms. The van der Waals surface area contributed by atoms with Gasteiger partial charge in [-0.3, -0.25) is 0 Å². The molecular formula is C24H56ClN4P. The van der Waals surface area contributed by atoms with Crippen molar-refractivity contribution in [1.29, 1.82) is 0 Å². The first-order valence-corrected chi connectivity index (χ1v) is 14.6. The third-order valence-corrected chi connectivity index (χ3v) is 10.0. The Bertz CT molecular complexity index is 280. The second-order valence-corrected chi connectivity index (χ2v) is 11.7. The molecule has 0 unspecified atom stereocenters. The van der Waals surface area contributed by atoms with Gasteiger partial charge in [-0.15, -0.1) is 18.7 Å². The van der Waals surface area contributed by atoms with E-state index in [1.807, 2.05) is 0 Å². The van der Waals surface area contributed by atoms with Crippen LogP contribution in [-0.2, 0) is 0 Å². The lowest BCUT2D eigenvalue weighted by atomic mass is 10.4. The summed E-state index contributed by atoms with van der Waals surface area (Å²) in [6.45, 7) is 28.7. The van der Waals surface area contributed by atoms with Crippen LogP contribution in [0.25, 0.3) is 0 Å². The zero-order chi connectivity index (χ0) is 22.1. The maximum Gasteiger partial charge on any atom is 0.308 e. The Balaban J connectivity index is 0. The van der Waals surface area contributed by atoms with Gasteiger partial charge in [-0.1, -0.05) is 55.4 Å². The van der Waals surface area contributed by atoms with Crippen molar-refractivity contribution >= 4 is 7.87 Å². The van der Waals surface area contributed by atoms with Crippen LogP contribution in [-0.4, -0.2) is 71.0 Å². The topological polar surface area (TPSA) is 13.0 Å². The minimum absolute atomic E-state index is 0. The lowest BCUT2D eigenvalue weighted by molar-refractivity contribution is -0.00000700. The van der Waals surface area contributed by atoms with Crippen molar-refractivity contribution in [2.45, 2.75) is 107 Å². The molecule has 0 radical (unpaired) electrons. The predicted molar refractivity (Wildman–Crippen MR) is 136 cm³/mol. The van der Waals surface area contributed by atoms with E-state index in [1.54, 1.807) is 0 Å². The summed E-state index contributed by atoms with van der Waals surface area (Å²) in [4.78, 5) is 0. The summed E-state index contributed by atoms with van der Waals surface area (Å²) in [6, 6.07) is 0. The lowest BCUT2D eigenvalue weighted by Crippen LogP contribution is -3.00. The van der Waals surface area contributed by atoms with E-state index in [4.69, 9.17) is 0 Å². The van der Waals surface area contributed by atoms with Crippen LogP contribution < -0.4 is 12.4 Å². The van der Waals surface area contributed by atoms with Gasteiger partial charge in [-0.25, -0.2) is 0 Å². The molecule has 0 saturated heterocycles. The van der Waals surface area contributed by atoms with Crippen LogP contribution in [0.1, 0.15) is 107 Å². The maximum absolute atomic E-state index is 2.97. The Kier molecular flexibility index (Phi) is 22.0. The minimum Gasteiger partial charge on any atom is -1.00 e. The van der Waals surface area contributed by atoms with Crippen LogP contribution in [0, 0.1) is 0 Å². The first-order chi connectivity index (χ1) is 14.1. The normalized spacial score (nSPS) is 12.4. The van der Waals surface area contributed by atoms with Gasteiger partial charge in [0.1, 0.15) is 0 Å². The van der Waals surface area contributed by atoms with E-state index in [0.717, 1.165) is 0 Å². The van der Waals surface area contributed by atoms with Crippen molar-refractivity contribution in [3.63, 3.8) is 0 Å². The van der Waals surface area contributed by atoms with Crippen molar-refractivity contribution in [3.05, 3.63) is 0 Å². The van der Waals surface area contributed by atoms with E-state index in [2.05, 4.69) is 74.1 Å². The Morgan fingerprint density at radius 3 is 0.567 bits per heavy atom. The van der Waals surface area contributed by atoms with Crippen molar-refractivity contribution in [2.24, 2.45) is 0 Å². The molecule has 0 aromatic heterocycles. The van der Waals surface area contributed by atoms with E-state index >= 15 is 0 Å². The average molecular weight is 467 g/mol. The van der Waals surface area contributed by atoms with Gasteiger partial charge in [0, 0.05) is 52.4 Å². The van der Waals surface area contributed by atoms with Crippen molar-refractivity contribution in [3.8, 4) is 0 Å². The average Bonchev–Trinajstić information content (AvgIpc) is 2.70. The third kappa shape index (κ3) is 9.20. The summed E-state index contributed by atoms with van der Waals surface area (Å²) in [5, 5.41) is 0. The van der Waals surface area contributed by atoms with E-state index < -0.39 is 7.87 Å². The molecular weight excluding hydrogens is 411 g/mol. The molecule has 0 rings (SSSR count). The molecule has 0 N–H and O–H groups in total. The molecule has 0 aliphatic rings. The zero-order valence-electron chi connectivity index (χ0n) is 21.9. The first-order valence-electron chi connectivity index (χ1n) is 13.0. The maximum atomic E-state index is 2.97. The van der Waals surface area contributed by atoms with Crippen molar-refractivity contribution < 1.29 is 12.4 Å². The van der Waals surface area contributed by atoms with E-state index in [1.165, 1.54) is 104 Å². The van der Waals surface area contributed by atoms with Gasteiger partial charge in [-0.05, 0) is 51.4 Å². The second-order valence-electron chi connectivity index (χ2n) is 8.35. The highest BCUT2D eigenvalue weighted by molar-refractivity contribution is 7.66. The third-order valence-electron chi connectivity index (χ3n) is 5.37. The molecule has 4 nitrogen and oxygen atoms in total. The summed E-state index contributed by atoms with van der Waals surface area (Å²) >= 11 is 0. The highest BCUT2D eigenvalue weighted by Gasteiger charge is 2.59. The molecule has 0 bridgehead atoms. The summed E-state index contributed by atoms with van der Waals surface area (Å²) < 4.78 is 11.9.